The molecule has 0 aromatic heterocycles. The number of rotatable bonds is 3. The number of carbonyl (C=O) groups excluding carboxylic acids is 2. The molecule has 28 heavy (non-hydrogen) atoms. The first-order valence-corrected chi connectivity index (χ1v) is 9.16. The number of carbonyl (C=O) groups is 2. The van der Waals surface area contributed by atoms with Gasteiger partial charge in [0.15, 0.2) is 0 Å². The molecule has 1 aliphatic heterocycles. The van der Waals surface area contributed by atoms with E-state index in [1.165, 1.54) is 6.07 Å². The van der Waals surface area contributed by atoms with E-state index in [0.717, 1.165) is 12.1 Å². The Balaban J connectivity index is 1.91. The Bertz CT molecular complexity index is 708. The Kier molecular flexibility index (Phi) is 6.59. The lowest BCUT2D eigenvalue weighted by Gasteiger charge is -2.38. The van der Waals surface area contributed by atoms with E-state index >= 15 is 0 Å². The quantitative estimate of drug-likeness (QED) is 0.819. The van der Waals surface area contributed by atoms with Gasteiger partial charge in [0.25, 0.3) is 0 Å². The highest BCUT2D eigenvalue weighted by molar-refractivity contribution is 5.97. The number of nitrogens with zero attached hydrogens (tertiary/aromatic N) is 2. The van der Waals surface area contributed by atoms with Crippen molar-refractivity contribution in [3.63, 3.8) is 0 Å². The summed E-state index contributed by atoms with van der Waals surface area (Å²) >= 11 is 0. The molecule has 1 aromatic carbocycles. The minimum absolute atomic E-state index is 0.408. The van der Waals surface area contributed by atoms with Crippen LogP contribution in [-0.4, -0.2) is 54.6 Å². The van der Waals surface area contributed by atoms with Crippen molar-refractivity contribution in [1.29, 1.82) is 0 Å². The zero-order valence-corrected chi connectivity index (χ0v) is 16.6. The van der Waals surface area contributed by atoms with Crippen LogP contribution in [0, 0.1) is 0 Å². The fourth-order valence-electron chi connectivity index (χ4n) is 3.00. The normalized spacial score (nSPS) is 17.2. The third kappa shape index (κ3) is 6.12. The van der Waals surface area contributed by atoms with Crippen molar-refractivity contribution in [3.05, 3.63) is 29.8 Å². The maximum Gasteiger partial charge on any atom is 0.416 e. The SMILES string of the molecule is C[C@@H](C(=O)NC(=O)NC(C)(C)C)N1CCN(c2cccc(C(F)(F)F)c2)CC1. The molecule has 0 radical (unpaired) electrons. The van der Waals surface area contributed by atoms with Gasteiger partial charge in [-0.1, -0.05) is 6.07 Å². The molecule has 1 saturated heterocycles. The van der Waals surface area contributed by atoms with E-state index in [-0.39, 0.29) is 0 Å². The molecular formula is C19H27F3N4O2. The van der Waals surface area contributed by atoms with Crippen molar-refractivity contribution in [3.8, 4) is 0 Å². The zero-order valence-electron chi connectivity index (χ0n) is 16.6. The van der Waals surface area contributed by atoms with Crippen LogP contribution in [0.4, 0.5) is 23.7 Å². The molecule has 1 heterocycles. The van der Waals surface area contributed by atoms with Gasteiger partial charge in [0.05, 0.1) is 11.6 Å². The number of halogens is 3. The summed E-state index contributed by atoms with van der Waals surface area (Å²) in [4.78, 5) is 27.9. The number of benzene rings is 1. The van der Waals surface area contributed by atoms with Crippen molar-refractivity contribution >= 4 is 17.6 Å². The molecule has 0 unspecified atom stereocenters. The number of piperazine rings is 1. The number of urea groups is 1. The summed E-state index contributed by atoms with van der Waals surface area (Å²) in [6.07, 6.45) is -4.38. The van der Waals surface area contributed by atoms with E-state index in [1.54, 1.807) is 13.0 Å². The molecule has 0 aliphatic carbocycles. The van der Waals surface area contributed by atoms with Gasteiger partial charge < -0.3 is 10.2 Å². The maximum atomic E-state index is 12.9. The summed E-state index contributed by atoms with van der Waals surface area (Å²) in [7, 11) is 0. The summed E-state index contributed by atoms with van der Waals surface area (Å²) in [6.45, 7) is 9.14. The van der Waals surface area contributed by atoms with Crippen molar-refractivity contribution in [2.45, 2.75) is 45.5 Å². The number of hydrogen-bond donors (Lipinski definition) is 2. The van der Waals surface area contributed by atoms with E-state index < -0.39 is 35.3 Å². The van der Waals surface area contributed by atoms with Gasteiger partial charge in [-0.15, -0.1) is 0 Å². The fourth-order valence-corrected chi connectivity index (χ4v) is 3.00. The summed E-state index contributed by atoms with van der Waals surface area (Å²) in [6, 6.07) is 4.17. The average Bonchev–Trinajstić information content (AvgIpc) is 2.59. The molecule has 2 rings (SSSR count). The lowest BCUT2D eigenvalue weighted by atomic mass is 10.1. The monoisotopic (exact) mass is 400 g/mol. The molecule has 0 saturated carbocycles. The van der Waals surface area contributed by atoms with Crippen LogP contribution in [0.2, 0.25) is 0 Å². The molecule has 1 fully saturated rings. The van der Waals surface area contributed by atoms with Crippen LogP contribution in [0.1, 0.15) is 33.3 Å². The van der Waals surface area contributed by atoms with E-state index in [4.69, 9.17) is 0 Å². The van der Waals surface area contributed by atoms with Crippen molar-refractivity contribution in [2.75, 3.05) is 31.1 Å². The van der Waals surface area contributed by atoms with Crippen molar-refractivity contribution in [2.24, 2.45) is 0 Å². The second kappa shape index (κ2) is 8.38. The van der Waals surface area contributed by atoms with Gasteiger partial charge in [-0.3, -0.25) is 15.0 Å². The van der Waals surface area contributed by atoms with Gasteiger partial charge >= 0.3 is 12.2 Å². The third-order valence-electron chi connectivity index (χ3n) is 4.51. The van der Waals surface area contributed by atoms with E-state index in [0.29, 0.717) is 31.9 Å². The van der Waals surface area contributed by atoms with Crippen molar-refractivity contribution < 1.29 is 22.8 Å². The Morgan fingerprint density at radius 3 is 2.21 bits per heavy atom. The third-order valence-corrected chi connectivity index (χ3v) is 4.51. The Hall–Kier alpha value is -2.29. The summed E-state index contributed by atoms with van der Waals surface area (Å²) in [5.74, 6) is -0.408. The molecule has 1 aromatic rings. The molecule has 156 valence electrons. The molecule has 1 aliphatic rings. The smallest absolute Gasteiger partial charge is 0.369 e. The average molecular weight is 400 g/mol. The highest BCUT2D eigenvalue weighted by atomic mass is 19.4. The van der Waals surface area contributed by atoms with Crippen LogP contribution in [0.15, 0.2) is 24.3 Å². The molecule has 2 N–H and O–H groups in total. The number of imide groups is 1. The van der Waals surface area contributed by atoms with Gasteiger partial charge in [0.2, 0.25) is 5.91 Å². The predicted octanol–water partition coefficient (Wildman–Crippen LogP) is 2.84. The second-order valence-corrected chi connectivity index (χ2v) is 7.94. The zero-order chi connectivity index (χ0) is 21.1. The summed E-state index contributed by atoms with van der Waals surface area (Å²) < 4.78 is 38.7. The van der Waals surface area contributed by atoms with Crippen molar-refractivity contribution in [1.82, 2.24) is 15.5 Å². The standard InChI is InChI=1S/C19H27F3N4O2/c1-13(16(27)23-17(28)24-18(2,3)4)25-8-10-26(11-9-25)15-7-5-6-14(12-15)19(20,21)22/h5-7,12-13H,8-11H2,1-4H3,(H2,23,24,27,28)/t13-/m0/s1. The van der Waals surface area contributed by atoms with Gasteiger partial charge in [-0.25, -0.2) is 4.79 Å². The summed E-state index contributed by atoms with van der Waals surface area (Å²) in [5.41, 5.74) is -0.620. The second-order valence-electron chi connectivity index (χ2n) is 7.94. The highest BCUT2D eigenvalue weighted by Crippen LogP contribution is 2.31. The minimum Gasteiger partial charge on any atom is -0.369 e. The maximum absolute atomic E-state index is 12.9. The number of amides is 3. The van der Waals surface area contributed by atoms with Gasteiger partial charge in [0, 0.05) is 37.4 Å². The molecule has 3 amide bonds. The van der Waals surface area contributed by atoms with Crippen LogP contribution in [0.5, 0.6) is 0 Å². The first-order chi connectivity index (χ1) is 12.9. The van der Waals surface area contributed by atoms with Crippen LogP contribution in [-0.2, 0) is 11.0 Å². The van der Waals surface area contributed by atoms with Gasteiger partial charge in [-0.2, -0.15) is 13.2 Å². The van der Waals surface area contributed by atoms with E-state index in [1.807, 2.05) is 30.6 Å². The van der Waals surface area contributed by atoms with Crippen LogP contribution < -0.4 is 15.5 Å². The Morgan fingerprint density at radius 2 is 1.68 bits per heavy atom. The fraction of sp³-hybridized carbons (Fsp3) is 0.579. The molecule has 9 heteroatoms. The van der Waals surface area contributed by atoms with Gasteiger partial charge in [-0.05, 0) is 45.9 Å². The van der Waals surface area contributed by atoms with Crippen LogP contribution in [0.3, 0.4) is 0 Å². The van der Waals surface area contributed by atoms with E-state index in [9.17, 15) is 22.8 Å². The van der Waals surface area contributed by atoms with Crippen LogP contribution >= 0.6 is 0 Å². The Labute approximate surface area is 163 Å². The summed E-state index contributed by atoms with van der Waals surface area (Å²) in [5, 5.41) is 5.00. The Morgan fingerprint density at radius 1 is 1.07 bits per heavy atom. The lowest BCUT2D eigenvalue weighted by Crippen LogP contribution is -2.56. The first kappa shape index (κ1) is 22.0. The largest absolute Gasteiger partial charge is 0.416 e. The molecular weight excluding hydrogens is 373 g/mol. The number of hydrogen-bond acceptors (Lipinski definition) is 4. The first-order valence-electron chi connectivity index (χ1n) is 9.16. The molecule has 0 spiro atoms. The topological polar surface area (TPSA) is 64.7 Å². The minimum atomic E-state index is -4.38. The number of nitrogens with one attached hydrogen (secondary N) is 2. The molecule has 6 nitrogen and oxygen atoms in total. The number of anilines is 1. The number of alkyl halides is 3. The van der Waals surface area contributed by atoms with E-state index in [2.05, 4.69) is 10.6 Å². The lowest BCUT2D eigenvalue weighted by molar-refractivity contribution is -0.137. The highest BCUT2D eigenvalue weighted by Gasteiger charge is 2.32. The molecule has 1 atom stereocenters. The molecule has 0 bridgehead atoms. The van der Waals surface area contributed by atoms with Crippen LogP contribution in [0.25, 0.3) is 0 Å². The van der Waals surface area contributed by atoms with Gasteiger partial charge in [0.1, 0.15) is 0 Å². The predicted molar refractivity (Wildman–Crippen MR) is 101 cm³/mol.